The van der Waals surface area contributed by atoms with Gasteiger partial charge in [-0.05, 0) is 48.5 Å². The van der Waals surface area contributed by atoms with Crippen LogP contribution >= 0.6 is 22.9 Å². The standard InChI is InChI=1S/C22H18ClN3O3S/c1-26(10-13-2-7-17-18(8-13)29-12-28-17)11-20-24-16-9-19(30-21(16)22(27)25-20)14-3-5-15(23)6-4-14/h2-9H,10-12H2,1H3,(H,24,25,27). The molecular weight excluding hydrogens is 422 g/mol. The van der Waals surface area contributed by atoms with E-state index in [4.69, 9.17) is 21.1 Å². The molecule has 1 N–H and O–H groups in total. The number of aromatic nitrogens is 2. The van der Waals surface area contributed by atoms with Gasteiger partial charge >= 0.3 is 0 Å². The van der Waals surface area contributed by atoms with Crippen molar-refractivity contribution in [2.75, 3.05) is 13.8 Å². The van der Waals surface area contributed by atoms with Crippen LogP contribution in [0.4, 0.5) is 0 Å². The lowest BCUT2D eigenvalue weighted by Gasteiger charge is -2.16. The number of nitrogens with one attached hydrogen (secondary N) is 1. The number of halogens is 1. The highest BCUT2D eigenvalue weighted by atomic mass is 35.5. The van der Waals surface area contributed by atoms with E-state index in [1.54, 1.807) is 0 Å². The van der Waals surface area contributed by atoms with Crippen molar-refractivity contribution in [3.63, 3.8) is 0 Å². The Balaban J connectivity index is 1.36. The van der Waals surface area contributed by atoms with Crippen LogP contribution in [0.5, 0.6) is 11.5 Å². The van der Waals surface area contributed by atoms with Gasteiger partial charge in [0.1, 0.15) is 10.5 Å². The smallest absolute Gasteiger partial charge is 0.268 e. The molecule has 8 heteroatoms. The van der Waals surface area contributed by atoms with E-state index in [1.165, 1.54) is 11.3 Å². The maximum atomic E-state index is 12.6. The Morgan fingerprint density at radius 1 is 1.10 bits per heavy atom. The van der Waals surface area contributed by atoms with Crippen LogP contribution in [0.3, 0.4) is 0 Å². The molecule has 0 radical (unpaired) electrons. The summed E-state index contributed by atoms with van der Waals surface area (Å²) in [5.74, 6) is 2.17. The average molecular weight is 440 g/mol. The number of fused-ring (bicyclic) bond motifs is 2. The van der Waals surface area contributed by atoms with Crippen LogP contribution in [0, 0.1) is 0 Å². The maximum Gasteiger partial charge on any atom is 0.268 e. The number of nitrogens with zero attached hydrogens (tertiary/aromatic N) is 2. The molecule has 1 aliphatic rings. The van der Waals surface area contributed by atoms with Crippen molar-refractivity contribution in [3.05, 3.63) is 75.3 Å². The molecule has 0 fully saturated rings. The molecule has 0 aliphatic carbocycles. The van der Waals surface area contributed by atoms with Gasteiger partial charge in [-0.2, -0.15) is 0 Å². The van der Waals surface area contributed by atoms with Crippen molar-refractivity contribution in [2.45, 2.75) is 13.1 Å². The molecule has 152 valence electrons. The minimum absolute atomic E-state index is 0.114. The van der Waals surface area contributed by atoms with Gasteiger partial charge in [0.25, 0.3) is 5.56 Å². The predicted molar refractivity (Wildman–Crippen MR) is 118 cm³/mol. The number of benzene rings is 2. The third-order valence-electron chi connectivity index (χ3n) is 4.87. The van der Waals surface area contributed by atoms with E-state index in [0.29, 0.717) is 34.2 Å². The monoisotopic (exact) mass is 439 g/mol. The number of thiophene rings is 1. The van der Waals surface area contributed by atoms with E-state index in [1.807, 2.05) is 55.6 Å². The van der Waals surface area contributed by atoms with Crippen LogP contribution in [0.2, 0.25) is 5.02 Å². The van der Waals surface area contributed by atoms with Crippen LogP contribution in [-0.2, 0) is 13.1 Å². The van der Waals surface area contributed by atoms with Crippen molar-refractivity contribution in [1.29, 1.82) is 0 Å². The lowest BCUT2D eigenvalue weighted by Crippen LogP contribution is -2.21. The summed E-state index contributed by atoms with van der Waals surface area (Å²) in [5.41, 5.74) is 2.71. The zero-order chi connectivity index (χ0) is 20.7. The molecule has 0 saturated carbocycles. The molecule has 1 aliphatic heterocycles. The SMILES string of the molecule is CN(Cc1ccc2c(c1)OCO2)Cc1nc2cc(-c3ccc(Cl)cc3)sc2c(=O)[nH]1. The van der Waals surface area contributed by atoms with Crippen LogP contribution in [-0.4, -0.2) is 28.7 Å². The van der Waals surface area contributed by atoms with E-state index in [9.17, 15) is 4.79 Å². The summed E-state index contributed by atoms with van der Waals surface area (Å²) >= 11 is 7.41. The molecule has 4 aromatic rings. The topological polar surface area (TPSA) is 67.5 Å². The Bertz CT molecular complexity index is 1280. The molecule has 2 aromatic heterocycles. The van der Waals surface area contributed by atoms with Gasteiger partial charge in [-0.1, -0.05) is 29.8 Å². The normalized spacial score (nSPS) is 12.8. The third kappa shape index (κ3) is 3.79. The Kier molecular flexibility index (Phi) is 4.94. The van der Waals surface area contributed by atoms with Gasteiger partial charge in [0.15, 0.2) is 11.5 Å². The average Bonchev–Trinajstić information content (AvgIpc) is 3.35. The van der Waals surface area contributed by atoms with Gasteiger partial charge in [0, 0.05) is 16.4 Å². The first-order chi connectivity index (χ1) is 14.5. The summed E-state index contributed by atoms with van der Waals surface area (Å²) in [6.45, 7) is 1.47. The first-order valence-corrected chi connectivity index (χ1v) is 10.6. The maximum absolute atomic E-state index is 12.6. The second kappa shape index (κ2) is 7.75. The molecule has 5 rings (SSSR count). The first-order valence-electron chi connectivity index (χ1n) is 9.41. The fraction of sp³-hybridized carbons (Fsp3) is 0.182. The second-order valence-electron chi connectivity index (χ2n) is 7.20. The third-order valence-corrected chi connectivity index (χ3v) is 6.29. The van der Waals surface area contributed by atoms with Crippen molar-refractivity contribution < 1.29 is 9.47 Å². The quantitative estimate of drug-likeness (QED) is 0.489. The highest BCUT2D eigenvalue weighted by molar-refractivity contribution is 7.22. The van der Waals surface area contributed by atoms with Gasteiger partial charge in [0.2, 0.25) is 6.79 Å². The van der Waals surface area contributed by atoms with Crippen molar-refractivity contribution in [2.24, 2.45) is 0 Å². The number of rotatable bonds is 5. The van der Waals surface area contributed by atoms with Crippen molar-refractivity contribution in [1.82, 2.24) is 14.9 Å². The van der Waals surface area contributed by atoms with Gasteiger partial charge in [-0.3, -0.25) is 9.69 Å². The number of ether oxygens (including phenoxy) is 2. The largest absolute Gasteiger partial charge is 0.454 e. The number of aromatic amines is 1. The van der Waals surface area contributed by atoms with Crippen molar-refractivity contribution in [3.8, 4) is 21.9 Å². The van der Waals surface area contributed by atoms with E-state index >= 15 is 0 Å². The number of H-pyrrole nitrogens is 1. The van der Waals surface area contributed by atoms with Gasteiger partial charge in [-0.25, -0.2) is 4.98 Å². The highest BCUT2D eigenvalue weighted by Gasteiger charge is 2.15. The summed E-state index contributed by atoms with van der Waals surface area (Å²) < 4.78 is 11.4. The molecule has 6 nitrogen and oxygen atoms in total. The van der Waals surface area contributed by atoms with Crippen LogP contribution < -0.4 is 15.0 Å². The predicted octanol–water partition coefficient (Wildman–Crippen LogP) is 4.67. The molecule has 0 atom stereocenters. The van der Waals surface area contributed by atoms with Crippen molar-refractivity contribution >= 4 is 33.2 Å². The van der Waals surface area contributed by atoms with Crippen LogP contribution in [0.1, 0.15) is 11.4 Å². The van der Waals surface area contributed by atoms with Crippen LogP contribution in [0.25, 0.3) is 20.7 Å². The first kappa shape index (κ1) is 19.1. The molecule has 0 spiro atoms. The molecule has 0 unspecified atom stereocenters. The molecule has 0 bridgehead atoms. The molecule has 2 aromatic carbocycles. The number of hydrogen-bond donors (Lipinski definition) is 1. The molecule has 0 saturated heterocycles. The highest BCUT2D eigenvalue weighted by Crippen LogP contribution is 2.33. The zero-order valence-electron chi connectivity index (χ0n) is 16.1. The Morgan fingerprint density at radius 2 is 1.90 bits per heavy atom. The number of hydrogen-bond acceptors (Lipinski definition) is 6. The lowest BCUT2D eigenvalue weighted by molar-refractivity contribution is 0.174. The lowest BCUT2D eigenvalue weighted by atomic mass is 10.2. The zero-order valence-corrected chi connectivity index (χ0v) is 17.7. The van der Waals surface area contributed by atoms with E-state index in [-0.39, 0.29) is 12.4 Å². The molecule has 3 heterocycles. The molecular formula is C22H18ClN3O3S. The van der Waals surface area contributed by atoms with E-state index < -0.39 is 0 Å². The Morgan fingerprint density at radius 3 is 2.73 bits per heavy atom. The summed E-state index contributed by atoms with van der Waals surface area (Å²) in [5, 5.41) is 0.684. The van der Waals surface area contributed by atoms with Crippen LogP contribution in [0.15, 0.2) is 53.3 Å². The second-order valence-corrected chi connectivity index (χ2v) is 8.69. The Hall–Kier alpha value is -2.87. The summed E-state index contributed by atoms with van der Waals surface area (Å²) in [6, 6.07) is 15.4. The summed E-state index contributed by atoms with van der Waals surface area (Å²) in [7, 11) is 1.99. The van der Waals surface area contributed by atoms with E-state index in [2.05, 4.69) is 14.9 Å². The Labute approximate surface area is 181 Å². The summed E-state index contributed by atoms with van der Waals surface area (Å²) in [6.07, 6.45) is 0. The molecule has 30 heavy (non-hydrogen) atoms. The fourth-order valence-electron chi connectivity index (χ4n) is 3.48. The summed E-state index contributed by atoms with van der Waals surface area (Å²) in [4.78, 5) is 23.3. The minimum Gasteiger partial charge on any atom is -0.454 e. The van der Waals surface area contributed by atoms with Gasteiger partial charge in [-0.15, -0.1) is 11.3 Å². The van der Waals surface area contributed by atoms with E-state index in [0.717, 1.165) is 27.5 Å². The fourth-order valence-corrected chi connectivity index (χ4v) is 4.61. The molecule has 0 amide bonds. The minimum atomic E-state index is -0.114. The van der Waals surface area contributed by atoms with Gasteiger partial charge < -0.3 is 14.5 Å². The van der Waals surface area contributed by atoms with Gasteiger partial charge in [0.05, 0.1) is 12.1 Å².